The summed E-state index contributed by atoms with van der Waals surface area (Å²) in [6.07, 6.45) is 5.51. The third kappa shape index (κ3) is 4.23. The maximum atomic E-state index is 12.2. The van der Waals surface area contributed by atoms with Crippen molar-refractivity contribution in [3.05, 3.63) is 65.7 Å². The molecule has 144 valence electrons. The second kappa shape index (κ2) is 7.73. The fraction of sp³-hybridized carbons (Fsp3) is 0.200. The Labute approximate surface area is 167 Å². The molecule has 1 aromatic carbocycles. The van der Waals surface area contributed by atoms with Crippen LogP contribution in [0.25, 0.3) is 22.3 Å². The van der Waals surface area contributed by atoms with E-state index in [-0.39, 0.29) is 23.5 Å². The number of hydrogen-bond donors (Lipinski definition) is 1. The standard InChI is InChI=1S/C20H19N3O3S2/c24-19(21-16-10-12-28(25,26)14-16)9-8-15-13-23(17-5-2-1-3-6-17)22-20(15)18-7-4-11-27-18/h1-9,11,13,16H,10,12,14H2,(H,21,24)/b9-8+. The van der Waals surface area contributed by atoms with Crippen molar-refractivity contribution in [1.29, 1.82) is 0 Å². The lowest BCUT2D eigenvalue weighted by Gasteiger charge is -2.07. The number of sulfone groups is 1. The van der Waals surface area contributed by atoms with Gasteiger partial charge < -0.3 is 5.32 Å². The molecular formula is C20H19N3O3S2. The van der Waals surface area contributed by atoms with Crippen LogP contribution in [0.2, 0.25) is 0 Å². The summed E-state index contributed by atoms with van der Waals surface area (Å²) in [6, 6.07) is 13.4. The summed E-state index contributed by atoms with van der Waals surface area (Å²) in [7, 11) is -3.02. The third-order valence-corrected chi connectivity index (χ3v) is 7.16. The van der Waals surface area contributed by atoms with Crippen LogP contribution in [0.5, 0.6) is 0 Å². The largest absolute Gasteiger partial charge is 0.349 e. The summed E-state index contributed by atoms with van der Waals surface area (Å²) < 4.78 is 24.9. The van der Waals surface area contributed by atoms with E-state index in [2.05, 4.69) is 10.4 Å². The average molecular weight is 414 g/mol. The van der Waals surface area contributed by atoms with E-state index >= 15 is 0 Å². The molecule has 1 N–H and O–H groups in total. The highest BCUT2D eigenvalue weighted by molar-refractivity contribution is 7.91. The summed E-state index contributed by atoms with van der Waals surface area (Å²) in [5.74, 6) is -0.154. The Bertz CT molecular complexity index is 1100. The molecule has 1 atom stereocenters. The zero-order valence-corrected chi connectivity index (χ0v) is 16.6. The summed E-state index contributed by atoms with van der Waals surface area (Å²) in [5, 5.41) is 9.44. The highest BCUT2D eigenvalue weighted by Crippen LogP contribution is 2.28. The van der Waals surface area contributed by atoms with E-state index in [1.54, 1.807) is 22.1 Å². The van der Waals surface area contributed by atoms with Crippen LogP contribution in [-0.4, -0.2) is 41.7 Å². The number of nitrogens with zero attached hydrogens (tertiary/aromatic N) is 2. The Morgan fingerprint density at radius 3 is 2.71 bits per heavy atom. The van der Waals surface area contributed by atoms with Crippen LogP contribution >= 0.6 is 11.3 Å². The van der Waals surface area contributed by atoms with Crippen molar-refractivity contribution in [2.75, 3.05) is 11.5 Å². The van der Waals surface area contributed by atoms with Crippen molar-refractivity contribution in [1.82, 2.24) is 15.1 Å². The number of carbonyl (C=O) groups excluding carboxylic acids is 1. The van der Waals surface area contributed by atoms with Gasteiger partial charge in [-0.05, 0) is 36.1 Å². The van der Waals surface area contributed by atoms with E-state index in [9.17, 15) is 13.2 Å². The van der Waals surface area contributed by atoms with Gasteiger partial charge in [-0.25, -0.2) is 13.1 Å². The number of aromatic nitrogens is 2. The molecule has 1 amide bonds. The van der Waals surface area contributed by atoms with E-state index in [1.165, 1.54) is 6.08 Å². The highest BCUT2D eigenvalue weighted by atomic mass is 32.2. The Kier molecular flexibility index (Phi) is 5.15. The highest BCUT2D eigenvalue weighted by Gasteiger charge is 2.28. The molecule has 0 aliphatic carbocycles. The van der Waals surface area contributed by atoms with E-state index in [0.717, 1.165) is 21.8 Å². The van der Waals surface area contributed by atoms with Gasteiger partial charge in [-0.15, -0.1) is 11.3 Å². The molecule has 6 nitrogen and oxygen atoms in total. The first-order valence-corrected chi connectivity index (χ1v) is 11.6. The number of para-hydroxylation sites is 1. The first-order chi connectivity index (χ1) is 13.5. The number of nitrogens with one attached hydrogen (secondary N) is 1. The minimum Gasteiger partial charge on any atom is -0.349 e. The number of benzene rings is 1. The van der Waals surface area contributed by atoms with Gasteiger partial charge in [0.05, 0.1) is 22.1 Å². The molecular weight excluding hydrogens is 394 g/mol. The predicted molar refractivity (Wildman–Crippen MR) is 111 cm³/mol. The molecule has 0 radical (unpaired) electrons. The molecule has 0 spiro atoms. The van der Waals surface area contributed by atoms with Crippen molar-refractivity contribution in [3.63, 3.8) is 0 Å². The molecule has 4 rings (SSSR count). The van der Waals surface area contributed by atoms with E-state index in [0.29, 0.717) is 6.42 Å². The number of hydrogen-bond acceptors (Lipinski definition) is 5. The maximum absolute atomic E-state index is 12.2. The van der Waals surface area contributed by atoms with Crippen molar-refractivity contribution >= 4 is 33.2 Å². The van der Waals surface area contributed by atoms with Gasteiger partial charge in [0.2, 0.25) is 5.91 Å². The smallest absolute Gasteiger partial charge is 0.244 e. The molecule has 1 saturated heterocycles. The second-order valence-corrected chi connectivity index (χ2v) is 9.81. The fourth-order valence-corrected chi connectivity index (χ4v) is 5.56. The summed E-state index contributed by atoms with van der Waals surface area (Å²) in [6.45, 7) is 0. The monoisotopic (exact) mass is 413 g/mol. The van der Waals surface area contributed by atoms with Crippen LogP contribution in [0.15, 0.2) is 60.1 Å². The number of rotatable bonds is 5. The summed E-state index contributed by atoms with van der Waals surface area (Å²) in [4.78, 5) is 13.3. The van der Waals surface area contributed by atoms with Crippen LogP contribution in [0, 0.1) is 0 Å². The van der Waals surface area contributed by atoms with Gasteiger partial charge in [0.25, 0.3) is 0 Å². The van der Waals surface area contributed by atoms with Gasteiger partial charge in [-0.2, -0.15) is 5.10 Å². The second-order valence-electron chi connectivity index (χ2n) is 6.63. The minimum atomic E-state index is -3.02. The van der Waals surface area contributed by atoms with E-state index in [4.69, 9.17) is 0 Å². The molecule has 1 aliphatic heterocycles. The number of thiophene rings is 1. The van der Waals surface area contributed by atoms with Crippen LogP contribution < -0.4 is 5.32 Å². The molecule has 8 heteroatoms. The van der Waals surface area contributed by atoms with Crippen LogP contribution in [0.4, 0.5) is 0 Å². The van der Waals surface area contributed by atoms with Gasteiger partial charge in [0.15, 0.2) is 9.84 Å². The fourth-order valence-electron chi connectivity index (χ4n) is 3.15. The Balaban J connectivity index is 1.57. The zero-order chi connectivity index (χ0) is 19.6. The first kappa shape index (κ1) is 18.6. The summed E-state index contributed by atoms with van der Waals surface area (Å²) >= 11 is 1.58. The Morgan fingerprint density at radius 2 is 2.04 bits per heavy atom. The third-order valence-electron chi connectivity index (χ3n) is 4.51. The summed E-state index contributed by atoms with van der Waals surface area (Å²) in [5.41, 5.74) is 2.55. The van der Waals surface area contributed by atoms with Gasteiger partial charge >= 0.3 is 0 Å². The average Bonchev–Trinajstić information content (AvgIpc) is 3.40. The number of amides is 1. The lowest BCUT2D eigenvalue weighted by Crippen LogP contribution is -2.34. The first-order valence-electron chi connectivity index (χ1n) is 8.88. The van der Waals surface area contributed by atoms with Crippen LogP contribution in [-0.2, 0) is 14.6 Å². The topological polar surface area (TPSA) is 81.1 Å². The molecule has 1 unspecified atom stereocenters. The van der Waals surface area contributed by atoms with Crippen molar-refractivity contribution < 1.29 is 13.2 Å². The van der Waals surface area contributed by atoms with Crippen molar-refractivity contribution in [2.24, 2.45) is 0 Å². The normalized spacial score (nSPS) is 18.5. The van der Waals surface area contributed by atoms with Crippen LogP contribution in [0.3, 0.4) is 0 Å². The molecule has 0 bridgehead atoms. The van der Waals surface area contributed by atoms with Crippen molar-refractivity contribution in [2.45, 2.75) is 12.5 Å². The lowest BCUT2D eigenvalue weighted by molar-refractivity contribution is -0.116. The van der Waals surface area contributed by atoms with E-state index < -0.39 is 9.84 Å². The van der Waals surface area contributed by atoms with Gasteiger partial charge in [0, 0.05) is 23.9 Å². The Morgan fingerprint density at radius 1 is 1.21 bits per heavy atom. The number of carbonyl (C=O) groups is 1. The lowest BCUT2D eigenvalue weighted by atomic mass is 10.2. The van der Waals surface area contributed by atoms with Gasteiger partial charge in [-0.1, -0.05) is 24.3 Å². The van der Waals surface area contributed by atoms with Gasteiger partial charge in [-0.3, -0.25) is 4.79 Å². The predicted octanol–water partition coefficient (Wildman–Crippen LogP) is 2.92. The maximum Gasteiger partial charge on any atom is 0.244 e. The molecule has 3 heterocycles. The Hall–Kier alpha value is -2.71. The molecule has 0 saturated carbocycles. The van der Waals surface area contributed by atoms with Crippen molar-refractivity contribution in [3.8, 4) is 16.3 Å². The quantitative estimate of drug-likeness (QED) is 0.652. The van der Waals surface area contributed by atoms with Gasteiger partial charge in [0.1, 0.15) is 5.69 Å². The molecule has 1 aliphatic rings. The molecule has 2 aromatic heterocycles. The van der Waals surface area contributed by atoms with Crippen LogP contribution in [0.1, 0.15) is 12.0 Å². The molecule has 28 heavy (non-hydrogen) atoms. The molecule has 1 fully saturated rings. The zero-order valence-electron chi connectivity index (χ0n) is 15.0. The minimum absolute atomic E-state index is 0.0129. The van der Waals surface area contributed by atoms with E-state index in [1.807, 2.05) is 54.0 Å². The molecule has 3 aromatic rings. The SMILES string of the molecule is O=C(/C=C/c1cn(-c2ccccc2)nc1-c1cccs1)NC1CCS(=O)(=O)C1.